The van der Waals surface area contributed by atoms with Crippen molar-refractivity contribution in [3.63, 3.8) is 0 Å². The number of rotatable bonds is 4. The van der Waals surface area contributed by atoms with Gasteiger partial charge in [-0.1, -0.05) is 0 Å². The molecule has 3 heterocycles. The highest BCUT2D eigenvalue weighted by Crippen LogP contribution is 2.21. The molecule has 2 aliphatic heterocycles. The summed E-state index contributed by atoms with van der Waals surface area (Å²) in [5, 5.41) is 3.41. The van der Waals surface area contributed by atoms with Crippen molar-refractivity contribution < 1.29 is 13.9 Å². The fraction of sp³-hybridized carbons (Fsp3) is 0.688. The van der Waals surface area contributed by atoms with Crippen LogP contribution in [-0.4, -0.2) is 63.0 Å². The normalized spacial score (nSPS) is 25.8. The molecular formula is C16H24BrN3O3. The summed E-state index contributed by atoms with van der Waals surface area (Å²) < 4.78 is 17.9. The molecule has 3 rings (SSSR count). The van der Waals surface area contributed by atoms with E-state index in [2.05, 4.69) is 31.1 Å². The van der Waals surface area contributed by atoms with Gasteiger partial charge in [0.25, 0.3) is 0 Å². The average molecular weight is 386 g/mol. The van der Waals surface area contributed by atoms with Crippen LogP contribution in [0.5, 0.6) is 0 Å². The fourth-order valence-corrected chi connectivity index (χ4v) is 3.44. The highest BCUT2D eigenvalue weighted by atomic mass is 79.9. The van der Waals surface area contributed by atoms with Gasteiger partial charge in [0.2, 0.25) is 0 Å². The quantitative estimate of drug-likeness (QED) is 0.634. The van der Waals surface area contributed by atoms with Crippen molar-refractivity contribution in [1.82, 2.24) is 10.2 Å². The van der Waals surface area contributed by atoms with E-state index in [4.69, 9.17) is 13.9 Å². The van der Waals surface area contributed by atoms with Crippen molar-refractivity contribution in [2.24, 2.45) is 4.99 Å². The maximum Gasteiger partial charge on any atom is 0.193 e. The predicted octanol–water partition coefficient (Wildman–Crippen LogP) is 2.04. The molecule has 2 atom stereocenters. The van der Waals surface area contributed by atoms with Gasteiger partial charge >= 0.3 is 0 Å². The summed E-state index contributed by atoms with van der Waals surface area (Å²) in [6.07, 6.45) is 3.43. The molecule has 0 aliphatic carbocycles. The third-order valence-electron chi connectivity index (χ3n) is 4.27. The first-order chi connectivity index (χ1) is 11.3. The maximum atomic E-state index is 5.89. The van der Waals surface area contributed by atoms with Gasteiger partial charge in [-0.15, -0.1) is 0 Å². The number of nitrogens with one attached hydrogen (secondary N) is 1. The van der Waals surface area contributed by atoms with E-state index >= 15 is 0 Å². The number of hydrogen-bond acceptors (Lipinski definition) is 4. The topological polar surface area (TPSA) is 59.2 Å². The number of guanidine groups is 1. The number of nitrogens with zero attached hydrogens (tertiary/aromatic N) is 2. The second kappa shape index (κ2) is 8.17. The van der Waals surface area contributed by atoms with Crippen LogP contribution in [0, 0.1) is 0 Å². The highest BCUT2D eigenvalue weighted by molar-refractivity contribution is 9.10. The monoisotopic (exact) mass is 385 g/mol. The van der Waals surface area contributed by atoms with Crippen molar-refractivity contribution in [2.75, 3.05) is 39.9 Å². The van der Waals surface area contributed by atoms with Crippen LogP contribution >= 0.6 is 15.9 Å². The lowest BCUT2D eigenvalue weighted by Crippen LogP contribution is -2.53. The molecular weight excluding hydrogens is 362 g/mol. The number of aliphatic imine (C=N–C) groups is 1. The number of ether oxygens (including phenoxy) is 2. The molecule has 0 bridgehead atoms. The lowest BCUT2D eigenvalue weighted by molar-refractivity contribution is -0.0816. The summed E-state index contributed by atoms with van der Waals surface area (Å²) >= 11 is 3.32. The van der Waals surface area contributed by atoms with E-state index in [1.807, 2.05) is 19.2 Å². The van der Waals surface area contributed by atoms with Crippen LogP contribution in [0.4, 0.5) is 0 Å². The van der Waals surface area contributed by atoms with Crippen LogP contribution in [0.1, 0.15) is 18.6 Å². The van der Waals surface area contributed by atoms with E-state index in [-0.39, 0.29) is 12.2 Å². The smallest absolute Gasteiger partial charge is 0.193 e. The second-order valence-corrected chi connectivity index (χ2v) is 6.62. The van der Waals surface area contributed by atoms with Crippen LogP contribution in [0.2, 0.25) is 0 Å². The predicted molar refractivity (Wildman–Crippen MR) is 91.8 cm³/mol. The van der Waals surface area contributed by atoms with Crippen LogP contribution in [0.25, 0.3) is 0 Å². The molecule has 2 saturated heterocycles. The van der Waals surface area contributed by atoms with Crippen LogP contribution in [-0.2, 0) is 15.9 Å². The van der Waals surface area contributed by atoms with Gasteiger partial charge in [-0.05, 0) is 40.9 Å². The van der Waals surface area contributed by atoms with Gasteiger partial charge in [-0.25, -0.2) is 0 Å². The Kier molecular flexibility index (Phi) is 5.96. The Morgan fingerprint density at radius 1 is 1.35 bits per heavy atom. The molecule has 2 fully saturated rings. The summed E-state index contributed by atoms with van der Waals surface area (Å²) in [6, 6.07) is 3.90. The first-order valence-electron chi connectivity index (χ1n) is 8.19. The molecule has 7 heteroatoms. The molecule has 2 unspecified atom stereocenters. The average Bonchev–Trinajstić information content (AvgIpc) is 3.23. The Balaban J connectivity index is 1.49. The van der Waals surface area contributed by atoms with Crippen molar-refractivity contribution in [3.8, 4) is 0 Å². The standard InChI is InChI=1S/C16H24BrN3O3/c1-18-16(19-7-6-12-4-5-15(17)23-12)20-8-10-22-14(11-20)13-3-2-9-21-13/h4-5,13-14H,2-3,6-11H2,1H3,(H,18,19). The van der Waals surface area contributed by atoms with Gasteiger partial charge in [0.05, 0.1) is 12.7 Å². The second-order valence-electron chi connectivity index (χ2n) is 5.84. The van der Waals surface area contributed by atoms with Gasteiger partial charge in [0.1, 0.15) is 11.9 Å². The van der Waals surface area contributed by atoms with Crippen LogP contribution < -0.4 is 5.32 Å². The number of furan rings is 1. The molecule has 0 aromatic carbocycles. The third kappa shape index (κ3) is 4.49. The maximum absolute atomic E-state index is 5.89. The first-order valence-corrected chi connectivity index (χ1v) is 8.98. The van der Waals surface area contributed by atoms with Gasteiger partial charge in [0, 0.05) is 39.7 Å². The first kappa shape index (κ1) is 16.8. The Hall–Kier alpha value is -1.05. The Bertz CT molecular complexity index is 528. The van der Waals surface area contributed by atoms with E-state index in [1.54, 1.807) is 0 Å². The summed E-state index contributed by atoms with van der Waals surface area (Å²) in [5.41, 5.74) is 0. The summed E-state index contributed by atoms with van der Waals surface area (Å²) in [6.45, 7) is 4.05. The zero-order valence-electron chi connectivity index (χ0n) is 13.5. The van der Waals surface area contributed by atoms with Crippen molar-refractivity contribution in [2.45, 2.75) is 31.5 Å². The lowest BCUT2D eigenvalue weighted by atomic mass is 10.1. The van der Waals surface area contributed by atoms with Gasteiger partial charge in [-0.3, -0.25) is 4.99 Å². The molecule has 0 spiro atoms. The molecule has 1 aromatic heterocycles. The number of halogens is 1. The lowest BCUT2D eigenvalue weighted by Gasteiger charge is -2.37. The summed E-state index contributed by atoms with van der Waals surface area (Å²) in [4.78, 5) is 6.66. The van der Waals surface area contributed by atoms with Crippen LogP contribution in [0.15, 0.2) is 26.2 Å². The van der Waals surface area contributed by atoms with Crippen LogP contribution in [0.3, 0.4) is 0 Å². The molecule has 0 saturated carbocycles. The Labute approximate surface area is 145 Å². The highest BCUT2D eigenvalue weighted by Gasteiger charge is 2.32. The Morgan fingerprint density at radius 3 is 2.91 bits per heavy atom. The van der Waals surface area contributed by atoms with Gasteiger partial charge < -0.3 is 24.1 Å². The molecule has 23 heavy (non-hydrogen) atoms. The van der Waals surface area contributed by atoms with Gasteiger partial charge in [0.15, 0.2) is 10.6 Å². The van der Waals surface area contributed by atoms with Gasteiger partial charge in [-0.2, -0.15) is 0 Å². The minimum absolute atomic E-state index is 0.144. The molecule has 6 nitrogen and oxygen atoms in total. The molecule has 1 N–H and O–H groups in total. The number of hydrogen-bond donors (Lipinski definition) is 1. The molecule has 0 amide bonds. The van der Waals surface area contributed by atoms with Crippen molar-refractivity contribution in [3.05, 3.63) is 22.6 Å². The summed E-state index contributed by atoms with van der Waals surface area (Å²) in [7, 11) is 1.82. The fourth-order valence-electron chi connectivity index (χ4n) is 3.10. The zero-order chi connectivity index (χ0) is 16.1. The molecule has 0 radical (unpaired) electrons. The Morgan fingerprint density at radius 2 is 2.22 bits per heavy atom. The van der Waals surface area contributed by atoms with E-state index in [9.17, 15) is 0 Å². The summed E-state index contributed by atoms with van der Waals surface area (Å²) in [5.74, 6) is 1.88. The number of morpholine rings is 1. The minimum Gasteiger partial charge on any atom is -0.454 e. The SMILES string of the molecule is CN=C(NCCc1ccc(Br)o1)N1CCOC(C2CCCO2)C1. The van der Waals surface area contributed by atoms with E-state index in [0.717, 1.165) is 68.5 Å². The third-order valence-corrected chi connectivity index (χ3v) is 4.69. The molecule has 128 valence electrons. The molecule has 2 aliphatic rings. The zero-order valence-corrected chi connectivity index (χ0v) is 15.0. The van der Waals surface area contributed by atoms with Crippen molar-refractivity contribution in [1.29, 1.82) is 0 Å². The van der Waals surface area contributed by atoms with Crippen molar-refractivity contribution >= 4 is 21.9 Å². The van der Waals surface area contributed by atoms with E-state index < -0.39 is 0 Å². The molecule has 1 aromatic rings. The van der Waals surface area contributed by atoms with E-state index in [1.165, 1.54) is 0 Å². The minimum atomic E-state index is 0.144. The van der Waals surface area contributed by atoms with E-state index in [0.29, 0.717) is 0 Å². The largest absolute Gasteiger partial charge is 0.454 e.